The molecule has 82 valence electrons. The summed E-state index contributed by atoms with van der Waals surface area (Å²) < 4.78 is 0. The van der Waals surface area contributed by atoms with Crippen molar-refractivity contribution in [3.63, 3.8) is 0 Å². The molecule has 0 aliphatic carbocycles. The molecule has 2 N–H and O–H groups in total. The van der Waals surface area contributed by atoms with E-state index in [0.29, 0.717) is 12.8 Å². The Hall–Kier alpha value is -1.35. The van der Waals surface area contributed by atoms with Crippen LogP contribution >= 0.6 is 0 Å². The maximum absolute atomic E-state index is 11.5. The summed E-state index contributed by atoms with van der Waals surface area (Å²) in [6.45, 7) is 3.63. The lowest BCUT2D eigenvalue weighted by molar-refractivity contribution is -0.118. The molecule has 3 heteroatoms. The van der Waals surface area contributed by atoms with Crippen LogP contribution in [0.3, 0.4) is 0 Å². The van der Waals surface area contributed by atoms with E-state index in [1.165, 1.54) is 0 Å². The summed E-state index contributed by atoms with van der Waals surface area (Å²) in [5.41, 5.74) is 0.872. The lowest BCUT2D eigenvalue weighted by atomic mass is 10.1. The fourth-order valence-electron chi connectivity index (χ4n) is 1.39. The Morgan fingerprint density at radius 3 is 2.93 bits per heavy atom. The van der Waals surface area contributed by atoms with E-state index in [9.17, 15) is 9.90 Å². The summed E-state index contributed by atoms with van der Waals surface area (Å²) in [7, 11) is 0. The van der Waals surface area contributed by atoms with Crippen molar-refractivity contribution in [3.8, 4) is 5.75 Å². The predicted molar refractivity (Wildman–Crippen MR) is 60.0 cm³/mol. The third-order valence-electron chi connectivity index (χ3n) is 2.14. The number of carbonyl (C=O) groups is 1. The molecule has 1 rings (SSSR count). The van der Waals surface area contributed by atoms with Crippen LogP contribution < -0.4 is 5.32 Å². The zero-order chi connectivity index (χ0) is 11.1. The van der Waals surface area contributed by atoms with E-state index in [2.05, 4.69) is 5.32 Å². The summed E-state index contributed by atoms with van der Waals surface area (Å²) in [5, 5.41) is 12.3. The van der Waals surface area contributed by atoms with Gasteiger partial charge in [0.1, 0.15) is 11.5 Å². The maximum atomic E-state index is 11.5. The van der Waals surface area contributed by atoms with Gasteiger partial charge < -0.3 is 10.4 Å². The Morgan fingerprint density at radius 2 is 2.27 bits per heavy atom. The molecule has 0 aromatic heterocycles. The van der Waals surface area contributed by atoms with Gasteiger partial charge in [0.2, 0.25) is 0 Å². The van der Waals surface area contributed by atoms with E-state index in [0.717, 1.165) is 18.7 Å². The minimum Gasteiger partial charge on any atom is -0.508 e. The van der Waals surface area contributed by atoms with E-state index in [1.807, 2.05) is 13.0 Å². The van der Waals surface area contributed by atoms with Crippen LogP contribution in [-0.2, 0) is 11.2 Å². The number of phenolic OH excluding ortho intramolecular Hbond substituents is 1. The van der Waals surface area contributed by atoms with E-state index in [1.54, 1.807) is 18.2 Å². The van der Waals surface area contributed by atoms with Crippen molar-refractivity contribution < 1.29 is 9.90 Å². The fourth-order valence-corrected chi connectivity index (χ4v) is 1.39. The highest BCUT2D eigenvalue weighted by Crippen LogP contribution is 2.11. The summed E-state index contributed by atoms with van der Waals surface area (Å²) in [6, 6.07) is 6.84. The van der Waals surface area contributed by atoms with Crippen LogP contribution in [0.2, 0.25) is 0 Å². The molecule has 0 saturated carbocycles. The lowest BCUT2D eigenvalue weighted by Gasteiger charge is -2.02. The van der Waals surface area contributed by atoms with Crippen LogP contribution in [0.15, 0.2) is 24.3 Å². The fraction of sp³-hybridized carbons (Fsp3) is 0.417. The highest BCUT2D eigenvalue weighted by molar-refractivity contribution is 5.81. The van der Waals surface area contributed by atoms with Gasteiger partial charge in [0.05, 0.1) is 0 Å². The van der Waals surface area contributed by atoms with Gasteiger partial charge in [-0.3, -0.25) is 4.79 Å². The van der Waals surface area contributed by atoms with Gasteiger partial charge in [0, 0.05) is 19.4 Å². The van der Waals surface area contributed by atoms with Gasteiger partial charge in [0.25, 0.3) is 0 Å². The quantitative estimate of drug-likeness (QED) is 0.695. The zero-order valence-electron chi connectivity index (χ0n) is 8.99. The lowest BCUT2D eigenvalue weighted by Crippen LogP contribution is -2.18. The first-order valence-electron chi connectivity index (χ1n) is 5.22. The van der Waals surface area contributed by atoms with Crippen molar-refractivity contribution in [2.75, 3.05) is 13.1 Å². The minimum atomic E-state index is 0.196. The molecule has 0 bridgehead atoms. The Balaban J connectivity index is 2.37. The van der Waals surface area contributed by atoms with Crippen molar-refractivity contribution in [2.24, 2.45) is 0 Å². The second-order valence-corrected chi connectivity index (χ2v) is 3.49. The third kappa shape index (κ3) is 4.61. The molecule has 0 atom stereocenters. The van der Waals surface area contributed by atoms with Crippen LogP contribution in [0.5, 0.6) is 5.75 Å². The Morgan fingerprint density at radius 1 is 1.47 bits per heavy atom. The molecule has 0 fully saturated rings. The maximum Gasteiger partial charge on any atom is 0.138 e. The Kier molecular flexibility index (Phi) is 4.84. The van der Waals surface area contributed by atoms with E-state index >= 15 is 0 Å². The number of carbonyl (C=O) groups excluding carboxylic acids is 1. The molecular weight excluding hydrogens is 190 g/mol. The van der Waals surface area contributed by atoms with Crippen LogP contribution in [0.4, 0.5) is 0 Å². The average Bonchev–Trinajstić information content (AvgIpc) is 2.18. The molecule has 3 nitrogen and oxygen atoms in total. The standard InChI is InChI=1S/C12H17NO2/c1-2-13-7-6-12(15)9-10-4-3-5-11(14)8-10/h3-5,8,13-14H,2,6-7,9H2,1H3. The smallest absolute Gasteiger partial charge is 0.138 e. The highest BCUT2D eigenvalue weighted by Gasteiger charge is 2.03. The van der Waals surface area contributed by atoms with Crippen LogP contribution in [-0.4, -0.2) is 24.0 Å². The van der Waals surface area contributed by atoms with Crippen molar-refractivity contribution in [1.82, 2.24) is 5.32 Å². The van der Waals surface area contributed by atoms with Gasteiger partial charge in [-0.15, -0.1) is 0 Å². The Labute approximate surface area is 90.1 Å². The summed E-state index contributed by atoms with van der Waals surface area (Å²) in [4.78, 5) is 11.5. The van der Waals surface area contributed by atoms with Gasteiger partial charge in [-0.1, -0.05) is 19.1 Å². The summed E-state index contributed by atoms with van der Waals surface area (Å²) in [5.74, 6) is 0.411. The number of ketones is 1. The zero-order valence-corrected chi connectivity index (χ0v) is 8.99. The molecule has 15 heavy (non-hydrogen) atoms. The molecule has 1 aromatic carbocycles. The number of rotatable bonds is 6. The van der Waals surface area contributed by atoms with Crippen LogP contribution in [0, 0.1) is 0 Å². The first-order chi connectivity index (χ1) is 7.22. The van der Waals surface area contributed by atoms with E-state index in [-0.39, 0.29) is 11.5 Å². The molecule has 0 saturated heterocycles. The number of Topliss-reactive ketones (excluding diaryl/α,β-unsaturated/α-hetero) is 1. The van der Waals surface area contributed by atoms with Crippen molar-refractivity contribution in [1.29, 1.82) is 0 Å². The molecule has 0 aliphatic rings. The van der Waals surface area contributed by atoms with Crippen LogP contribution in [0.25, 0.3) is 0 Å². The second-order valence-electron chi connectivity index (χ2n) is 3.49. The number of aromatic hydroxyl groups is 1. The monoisotopic (exact) mass is 207 g/mol. The third-order valence-corrected chi connectivity index (χ3v) is 2.14. The second kappa shape index (κ2) is 6.19. The van der Waals surface area contributed by atoms with Gasteiger partial charge in [-0.2, -0.15) is 0 Å². The van der Waals surface area contributed by atoms with Gasteiger partial charge in [0.15, 0.2) is 0 Å². The highest BCUT2D eigenvalue weighted by atomic mass is 16.3. The number of hydrogen-bond donors (Lipinski definition) is 2. The molecule has 0 unspecified atom stereocenters. The Bertz CT molecular complexity index is 323. The number of phenols is 1. The van der Waals surface area contributed by atoms with Crippen LogP contribution in [0.1, 0.15) is 18.9 Å². The number of hydrogen-bond acceptors (Lipinski definition) is 3. The molecule has 0 heterocycles. The van der Waals surface area contributed by atoms with Crippen molar-refractivity contribution in [3.05, 3.63) is 29.8 Å². The van der Waals surface area contributed by atoms with Crippen molar-refractivity contribution in [2.45, 2.75) is 19.8 Å². The average molecular weight is 207 g/mol. The molecular formula is C12H17NO2. The topological polar surface area (TPSA) is 49.3 Å². The van der Waals surface area contributed by atoms with Gasteiger partial charge in [-0.25, -0.2) is 0 Å². The van der Waals surface area contributed by atoms with E-state index < -0.39 is 0 Å². The minimum absolute atomic E-state index is 0.196. The summed E-state index contributed by atoms with van der Waals surface area (Å²) >= 11 is 0. The number of nitrogens with one attached hydrogen (secondary N) is 1. The molecule has 0 radical (unpaired) electrons. The largest absolute Gasteiger partial charge is 0.508 e. The van der Waals surface area contributed by atoms with Gasteiger partial charge in [-0.05, 0) is 24.2 Å². The number of benzene rings is 1. The van der Waals surface area contributed by atoms with Crippen molar-refractivity contribution >= 4 is 5.78 Å². The molecule has 0 amide bonds. The molecule has 1 aromatic rings. The summed E-state index contributed by atoms with van der Waals surface area (Å²) in [6.07, 6.45) is 0.948. The SMILES string of the molecule is CCNCCC(=O)Cc1cccc(O)c1. The molecule has 0 aliphatic heterocycles. The normalized spacial score (nSPS) is 10.2. The first-order valence-corrected chi connectivity index (χ1v) is 5.22. The molecule has 0 spiro atoms. The first kappa shape index (κ1) is 11.7. The van der Waals surface area contributed by atoms with Gasteiger partial charge >= 0.3 is 0 Å². The van der Waals surface area contributed by atoms with E-state index in [4.69, 9.17) is 0 Å². The predicted octanol–water partition coefficient (Wildman–Crippen LogP) is 1.50.